The van der Waals surface area contributed by atoms with Gasteiger partial charge in [0, 0.05) is 12.0 Å². The first kappa shape index (κ1) is 10.7. The molecule has 1 heteroatoms. The summed E-state index contributed by atoms with van der Waals surface area (Å²) in [5.74, 6) is 0.202. The second kappa shape index (κ2) is 4.75. The molecule has 1 nitrogen and oxygen atoms in total. The van der Waals surface area contributed by atoms with Crippen molar-refractivity contribution >= 4 is 5.78 Å². The molecular formula is C13H16O. The number of hydrogen-bond acceptors (Lipinski definition) is 1. The molecule has 0 radical (unpaired) electrons. The molecular weight excluding hydrogens is 172 g/mol. The summed E-state index contributed by atoms with van der Waals surface area (Å²) >= 11 is 0. The van der Waals surface area contributed by atoms with Crippen LogP contribution in [0.5, 0.6) is 0 Å². The standard InChI is InChI=1S/C13H16O/c1-10(2)4-9-13(14)12-7-5-11(3)6-8-12/h5-8H,1,4,9H2,2-3H3. The van der Waals surface area contributed by atoms with Crippen LogP contribution in [0.25, 0.3) is 0 Å². The van der Waals surface area contributed by atoms with E-state index in [0.717, 1.165) is 17.6 Å². The summed E-state index contributed by atoms with van der Waals surface area (Å²) in [6, 6.07) is 7.70. The maximum atomic E-state index is 11.6. The second-order valence-electron chi connectivity index (χ2n) is 3.75. The van der Waals surface area contributed by atoms with Crippen LogP contribution in [0, 0.1) is 6.92 Å². The number of rotatable bonds is 4. The van der Waals surface area contributed by atoms with Gasteiger partial charge in [-0.05, 0) is 20.3 Å². The summed E-state index contributed by atoms with van der Waals surface area (Å²) in [6.45, 7) is 7.75. The number of ketones is 1. The summed E-state index contributed by atoms with van der Waals surface area (Å²) < 4.78 is 0. The Hall–Kier alpha value is -1.37. The van der Waals surface area contributed by atoms with Crippen LogP contribution < -0.4 is 0 Å². The highest BCUT2D eigenvalue weighted by Crippen LogP contribution is 2.09. The molecule has 0 heterocycles. The minimum absolute atomic E-state index is 0.202. The van der Waals surface area contributed by atoms with Crippen LogP contribution in [0.15, 0.2) is 36.4 Å². The number of benzene rings is 1. The Kier molecular flexibility index (Phi) is 3.63. The topological polar surface area (TPSA) is 17.1 Å². The van der Waals surface area contributed by atoms with Gasteiger partial charge >= 0.3 is 0 Å². The molecule has 0 amide bonds. The number of Topliss-reactive ketones (excluding diaryl/α,β-unsaturated/α-hetero) is 1. The fourth-order valence-electron chi connectivity index (χ4n) is 1.21. The fraction of sp³-hybridized carbons (Fsp3) is 0.308. The summed E-state index contributed by atoms with van der Waals surface area (Å²) in [6.07, 6.45) is 1.35. The summed E-state index contributed by atoms with van der Waals surface area (Å²) in [7, 11) is 0. The molecule has 1 aromatic carbocycles. The van der Waals surface area contributed by atoms with Crippen LogP contribution in [-0.4, -0.2) is 5.78 Å². The first-order valence-corrected chi connectivity index (χ1v) is 4.84. The molecule has 0 saturated heterocycles. The van der Waals surface area contributed by atoms with Crippen molar-refractivity contribution in [1.82, 2.24) is 0 Å². The first-order chi connectivity index (χ1) is 6.59. The van der Waals surface area contributed by atoms with Crippen molar-refractivity contribution in [2.75, 3.05) is 0 Å². The van der Waals surface area contributed by atoms with E-state index in [-0.39, 0.29) is 5.78 Å². The lowest BCUT2D eigenvalue weighted by Gasteiger charge is -2.01. The molecule has 0 aromatic heterocycles. The molecule has 0 aliphatic heterocycles. The van der Waals surface area contributed by atoms with E-state index in [1.807, 2.05) is 38.1 Å². The van der Waals surface area contributed by atoms with E-state index >= 15 is 0 Å². The molecule has 0 saturated carbocycles. The molecule has 0 unspecified atom stereocenters. The van der Waals surface area contributed by atoms with Gasteiger partial charge in [-0.2, -0.15) is 0 Å². The van der Waals surface area contributed by atoms with Crippen LogP contribution >= 0.6 is 0 Å². The zero-order valence-corrected chi connectivity index (χ0v) is 8.84. The van der Waals surface area contributed by atoms with E-state index in [0.29, 0.717) is 6.42 Å². The molecule has 74 valence electrons. The summed E-state index contributed by atoms with van der Waals surface area (Å²) in [5.41, 5.74) is 3.05. The molecule has 0 fully saturated rings. The average Bonchev–Trinajstić information content (AvgIpc) is 2.15. The largest absolute Gasteiger partial charge is 0.294 e. The minimum atomic E-state index is 0.202. The number of allylic oxidation sites excluding steroid dienone is 1. The van der Waals surface area contributed by atoms with Crippen molar-refractivity contribution in [2.45, 2.75) is 26.7 Å². The third kappa shape index (κ3) is 3.17. The second-order valence-corrected chi connectivity index (χ2v) is 3.75. The predicted molar refractivity (Wildman–Crippen MR) is 59.6 cm³/mol. The van der Waals surface area contributed by atoms with E-state index in [9.17, 15) is 4.79 Å². The molecule has 1 rings (SSSR count). The van der Waals surface area contributed by atoms with Gasteiger partial charge in [0.1, 0.15) is 0 Å². The van der Waals surface area contributed by atoms with Crippen LogP contribution in [0.2, 0.25) is 0 Å². The van der Waals surface area contributed by atoms with Gasteiger partial charge < -0.3 is 0 Å². The first-order valence-electron chi connectivity index (χ1n) is 4.84. The van der Waals surface area contributed by atoms with E-state index in [1.54, 1.807) is 0 Å². The quantitative estimate of drug-likeness (QED) is 0.521. The van der Waals surface area contributed by atoms with Crippen molar-refractivity contribution in [2.24, 2.45) is 0 Å². The monoisotopic (exact) mass is 188 g/mol. The number of aryl methyl sites for hydroxylation is 1. The predicted octanol–water partition coefficient (Wildman–Crippen LogP) is 3.53. The van der Waals surface area contributed by atoms with E-state index in [1.165, 1.54) is 5.56 Å². The Labute approximate surface area is 85.5 Å². The molecule has 0 atom stereocenters. The number of carbonyl (C=O) groups is 1. The zero-order chi connectivity index (χ0) is 10.6. The molecule has 1 aromatic rings. The van der Waals surface area contributed by atoms with Gasteiger partial charge in [0.25, 0.3) is 0 Å². The number of carbonyl (C=O) groups excluding carboxylic acids is 1. The third-order valence-corrected chi connectivity index (χ3v) is 2.15. The van der Waals surface area contributed by atoms with Crippen molar-refractivity contribution < 1.29 is 4.79 Å². The van der Waals surface area contributed by atoms with E-state index in [2.05, 4.69) is 6.58 Å². The smallest absolute Gasteiger partial charge is 0.163 e. The average molecular weight is 188 g/mol. The lowest BCUT2D eigenvalue weighted by atomic mass is 10.0. The Morgan fingerprint density at radius 1 is 1.21 bits per heavy atom. The van der Waals surface area contributed by atoms with Gasteiger partial charge in [-0.25, -0.2) is 0 Å². The molecule has 0 N–H and O–H groups in total. The summed E-state index contributed by atoms with van der Waals surface area (Å²) in [4.78, 5) is 11.6. The van der Waals surface area contributed by atoms with Crippen molar-refractivity contribution in [1.29, 1.82) is 0 Å². The minimum Gasteiger partial charge on any atom is -0.294 e. The van der Waals surface area contributed by atoms with Gasteiger partial charge in [0.2, 0.25) is 0 Å². The van der Waals surface area contributed by atoms with Gasteiger partial charge in [-0.3, -0.25) is 4.79 Å². The lowest BCUT2D eigenvalue weighted by Crippen LogP contribution is -1.98. The molecule has 0 spiro atoms. The van der Waals surface area contributed by atoms with Crippen molar-refractivity contribution in [3.05, 3.63) is 47.5 Å². The summed E-state index contributed by atoms with van der Waals surface area (Å²) in [5, 5.41) is 0. The van der Waals surface area contributed by atoms with Gasteiger partial charge in [0.05, 0.1) is 0 Å². The lowest BCUT2D eigenvalue weighted by molar-refractivity contribution is 0.0983. The van der Waals surface area contributed by atoms with Gasteiger partial charge in [-0.1, -0.05) is 35.4 Å². The zero-order valence-electron chi connectivity index (χ0n) is 8.84. The highest BCUT2D eigenvalue weighted by molar-refractivity contribution is 5.96. The highest BCUT2D eigenvalue weighted by atomic mass is 16.1. The van der Waals surface area contributed by atoms with Gasteiger partial charge in [0.15, 0.2) is 5.78 Å². The SMILES string of the molecule is C=C(C)CCC(=O)c1ccc(C)cc1. The van der Waals surface area contributed by atoms with Crippen LogP contribution in [0.1, 0.15) is 35.7 Å². The van der Waals surface area contributed by atoms with Gasteiger partial charge in [-0.15, -0.1) is 6.58 Å². The maximum absolute atomic E-state index is 11.6. The van der Waals surface area contributed by atoms with Crippen LogP contribution in [0.3, 0.4) is 0 Å². The van der Waals surface area contributed by atoms with Crippen molar-refractivity contribution in [3.8, 4) is 0 Å². The Balaban J connectivity index is 2.61. The third-order valence-electron chi connectivity index (χ3n) is 2.15. The van der Waals surface area contributed by atoms with E-state index in [4.69, 9.17) is 0 Å². The van der Waals surface area contributed by atoms with Crippen LogP contribution in [0.4, 0.5) is 0 Å². The molecule has 14 heavy (non-hydrogen) atoms. The Bertz CT molecular complexity index is 333. The number of hydrogen-bond donors (Lipinski definition) is 0. The van der Waals surface area contributed by atoms with Crippen LogP contribution in [-0.2, 0) is 0 Å². The Morgan fingerprint density at radius 2 is 1.79 bits per heavy atom. The molecule has 0 aliphatic rings. The fourth-order valence-corrected chi connectivity index (χ4v) is 1.21. The van der Waals surface area contributed by atoms with E-state index < -0.39 is 0 Å². The van der Waals surface area contributed by atoms with Crippen molar-refractivity contribution in [3.63, 3.8) is 0 Å². The molecule has 0 bridgehead atoms. The molecule has 0 aliphatic carbocycles. The normalized spacial score (nSPS) is 9.86. The maximum Gasteiger partial charge on any atom is 0.163 e. The highest BCUT2D eigenvalue weighted by Gasteiger charge is 2.04. The Morgan fingerprint density at radius 3 is 2.29 bits per heavy atom.